The highest BCUT2D eigenvalue weighted by Crippen LogP contribution is 2.44. The molecule has 4 heteroatoms. The van der Waals surface area contributed by atoms with Gasteiger partial charge in [-0.2, -0.15) is 0 Å². The van der Waals surface area contributed by atoms with Gasteiger partial charge in [-0.1, -0.05) is 48.5 Å². The first-order valence-electron chi connectivity index (χ1n) is 7.79. The molecule has 0 spiro atoms. The lowest BCUT2D eigenvalue weighted by Gasteiger charge is -2.30. The Kier molecular flexibility index (Phi) is 3.86. The number of hydrazine groups is 1. The molecular formula is C19H22N2O2. The number of hydrogen-bond acceptors (Lipinski definition) is 3. The van der Waals surface area contributed by atoms with E-state index in [4.69, 9.17) is 10.6 Å². The van der Waals surface area contributed by atoms with Crippen molar-refractivity contribution in [3.05, 3.63) is 59.7 Å². The van der Waals surface area contributed by atoms with Gasteiger partial charge in [-0.15, -0.1) is 0 Å². The van der Waals surface area contributed by atoms with Gasteiger partial charge in [0.2, 0.25) is 0 Å². The van der Waals surface area contributed by atoms with Crippen LogP contribution in [0.3, 0.4) is 0 Å². The molecule has 0 saturated carbocycles. The number of fused-ring (bicyclic) bond motifs is 3. The maximum Gasteiger partial charge on any atom is 0.424 e. The highest BCUT2D eigenvalue weighted by atomic mass is 16.6. The molecule has 1 aliphatic carbocycles. The Morgan fingerprint density at radius 2 is 1.52 bits per heavy atom. The number of amides is 1. The van der Waals surface area contributed by atoms with Crippen LogP contribution in [0.5, 0.6) is 0 Å². The zero-order valence-electron chi connectivity index (χ0n) is 13.7. The predicted octanol–water partition coefficient (Wildman–Crippen LogP) is 3.91. The summed E-state index contributed by atoms with van der Waals surface area (Å²) in [5.41, 5.74) is 4.35. The zero-order valence-corrected chi connectivity index (χ0v) is 13.7. The molecule has 0 aliphatic heterocycles. The Bertz CT molecular complexity index is 689. The number of benzene rings is 2. The SMILES string of the molecule is CC(C)(C)N(N)C(=O)OCC1c2ccccc2-c2ccccc21. The van der Waals surface area contributed by atoms with E-state index in [0.29, 0.717) is 0 Å². The van der Waals surface area contributed by atoms with Gasteiger partial charge in [-0.25, -0.2) is 15.6 Å². The summed E-state index contributed by atoms with van der Waals surface area (Å²) in [7, 11) is 0. The van der Waals surface area contributed by atoms with Crippen LogP contribution in [0.2, 0.25) is 0 Å². The van der Waals surface area contributed by atoms with Crippen molar-refractivity contribution in [3.8, 4) is 11.1 Å². The number of carbonyl (C=O) groups excluding carboxylic acids is 1. The Hall–Kier alpha value is -2.33. The average molecular weight is 310 g/mol. The number of carbonyl (C=O) groups is 1. The van der Waals surface area contributed by atoms with Gasteiger partial charge in [0.15, 0.2) is 0 Å². The summed E-state index contributed by atoms with van der Waals surface area (Å²) in [6.45, 7) is 5.90. The lowest BCUT2D eigenvalue weighted by Crippen LogP contribution is -2.50. The summed E-state index contributed by atoms with van der Waals surface area (Å²) in [5.74, 6) is 5.88. The maximum absolute atomic E-state index is 12.1. The number of rotatable bonds is 2. The molecule has 0 bridgehead atoms. The Labute approximate surface area is 136 Å². The summed E-state index contributed by atoms with van der Waals surface area (Å²) < 4.78 is 5.49. The fraction of sp³-hybridized carbons (Fsp3) is 0.316. The van der Waals surface area contributed by atoms with Gasteiger partial charge in [-0.3, -0.25) is 0 Å². The van der Waals surface area contributed by atoms with Gasteiger partial charge < -0.3 is 4.74 Å². The molecule has 0 aromatic heterocycles. The molecular weight excluding hydrogens is 288 g/mol. The molecule has 2 aromatic rings. The van der Waals surface area contributed by atoms with Crippen LogP contribution >= 0.6 is 0 Å². The molecule has 1 aliphatic rings. The predicted molar refractivity (Wildman–Crippen MR) is 90.8 cm³/mol. The molecule has 0 saturated heterocycles. The third kappa shape index (κ3) is 2.82. The highest BCUT2D eigenvalue weighted by molar-refractivity contribution is 5.79. The van der Waals surface area contributed by atoms with Crippen molar-refractivity contribution in [2.75, 3.05) is 6.61 Å². The van der Waals surface area contributed by atoms with Crippen molar-refractivity contribution in [1.82, 2.24) is 5.01 Å². The van der Waals surface area contributed by atoms with Gasteiger partial charge in [0, 0.05) is 5.92 Å². The van der Waals surface area contributed by atoms with Crippen LogP contribution in [0, 0.1) is 0 Å². The van der Waals surface area contributed by atoms with Crippen LogP contribution in [-0.2, 0) is 4.74 Å². The standard InChI is InChI=1S/C19H22N2O2/c1-19(2,3)21(20)18(22)23-12-17-15-10-6-4-8-13(15)14-9-5-7-11-16(14)17/h4-11,17H,12,20H2,1-3H3. The quantitative estimate of drug-likeness (QED) is 0.520. The summed E-state index contributed by atoms with van der Waals surface area (Å²) >= 11 is 0. The van der Waals surface area contributed by atoms with Crippen molar-refractivity contribution in [2.24, 2.45) is 5.84 Å². The molecule has 23 heavy (non-hydrogen) atoms. The number of nitrogens with two attached hydrogens (primary N) is 1. The van der Waals surface area contributed by atoms with Gasteiger partial charge >= 0.3 is 6.09 Å². The molecule has 0 unspecified atom stereocenters. The molecule has 2 N–H and O–H groups in total. The normalized spacial score (nSPS) is 13.4. The topological polar surface area (TPSA) is 55.6 Å². The maximum atomic E-state index is 12.1. The first kappa shape index (κ1) is 15.6. The van der Waals surface area contributed by atoms with Gasteiger partial charge in [0.25, 0.3) is 0 Å². The first-order valence-corrected chi connectivity index (χ1v) is 7.79. The third-order valence-corrected chi connectivity index (χ3v) is 4.26. The lowest BCUT2D eigenvalue weighted by molar-refractivity contribution is 0.0659. The largest absolute Gasteiger partial charge is 0.447 e. The van der Waals surface area contributed by atoms with Crippen LogP contribution in [0.1, 0.15) is 37.8 Å². The minimum absolute atomic E-state index is 0.0553. The van der Waals surface area contributed by atoms with Gasteiger partial charge in [0.05, 0.1) is 5.54 Å². The van der Waals surface area contributed by atoms with E-state index in [0.717, 1.165) is 5.01 Å². The van der Waals surface area contributed by atoms with Crippen molar-refractivity contribution in [2.45, 2.75) is 32.2 Å². The zero-order chi connectivity index (χ0) is 16.6. The van der Waals surface area contributed by atoms with Crippen molar-refractivity contribution in [3.63, 3.8) is 0 Å². The molecule has 120 valence electrons. The Morgan fingerprint density at radius 1 is 1.04 bits per heavy atom. The lowest BCUT2D eigenvalue weighted by atomic mass is 9.98. The van der Waals surface area contributed by atoms with Gasteiger partial charge in [-0.05, 0) is 43.0 Å². The second-order valence-corrected chi connectivity index (χ2v) is 6.84. The van der Waals surface area contributed by atoms with E-state index < -0.39 is 11.6 Å². The summed E-state index contributed by atoms with van der Waals surface area (Å²) in [4.78, 5) is 12.1. The van der Waals surface area contributed by atoms with Crippen LogP contribution < -0.4 is 5.84 Å². The minimum atomic E-state index is -0.501. The molecule has 3 rings (SSSR count). The van der Waals surface area contributed by atoms with Crippen LogP contribution in [0.25, 0.3) is 11.1 Å². The summed E-state index contributed by atoms with van der Waals surface area (Å²) in [6.07, 6.45) is -0.501. The smallest absolute Gasteiger partial charge is 0.424 e. The highest BCUT2D eigenvalue weighted by Gasteiger charge is 2.31. The van der Waals surface area contributed by atoms with Crippen LogP contribution in [0.4, 0.5) is 4.79 Å². The van der Waals surface area contributed by atoms with E-state index in [1.54, 1.807) is 0 Å². The monoisotopic (exact) mass is 310 g/mol. The number of nitrogens with zero attached hydrogens (tertiary/aromatic N) is 1. The molecule has 1 amide bonds. The Morgan fingerprint density at radius 3 is 2.00 bits per heavy atom. The molecule has 4 nitrogen and oxygen atoms in total. The second kappa shape index (κ2) is 5.70. The summed E-state index contributed by atoms with van der Waals surface area (Å²) in [5, 5.41) is 1.14. The van der Waals surface area contributed by atoms with E-state index in [9.17, 15) is 4.79 Å². The van der Waals surface area contributed by atoms with Gasteiger partial charge in [0.1, 0.15) is 6.61 Å². The van der Waals surface area contributed by atoms with Crippen LogP contribution in [0.15, 0.2) is 48.5 Å². The van der Waals surface area contributed by atoms with E-state index >= 15 is 0 Å². The van der Waals surface area contributed by atoms with Crippen molar-refractivity contribution >= 4 is 6.09 Å². The second-order valence-electron chi connectivity index (χ2n) is 6.84. The summed E-state index contributed by atoms with van der Waals surface area (Å²) in [6, 6.07) is 16.5. The van der Waals surface area contributed by atoms with Crippen molar-refractivity contribution < 1.29 is 9.53 Å². The first-order chi connectivity index (χ1) is 10.9. The third-order valence-electron chi connectivity index (χ3n) is 4.26. The number of hydrogen-bond donors (Lipinski definition) is 1. The van der Waals surface area contributed by atoms with E-state index in [1.807, 2.05) is 45.0 Å². The number of ether oxygens (including phenoxy) is 1. The van der Waals surface area contributed by atoms with Crippen molar-refractivity contribution in [1.29, 1.82) is 0 Å². The van der Waals surface area contributed by atoms with E-state index in [1.165, 1.54) is 22.3 Å². The Balaban J connectivity index is 1.83. The molecule has 0 fully saturated rings. The van der Waals surface area contributed by atoms with E-state index in [-0.39, 0.29) is 12.5 Å². The molecule has 0 heterocycles. The average Bonchev–Trinajstić information content (AvgIpc) is 2.85. The molecule has 0 atom stereocenters. The molecule has 2 aromatic carbocycles. The fourth-order valence-electron chi connectivity index (χ4n) is 2.94. The fourth-order valence-corrected chi connectivity index (χ4v) is 2.94. The van der Waals surface area contributed by atoms with E-state index in [2.05, 4.69) is 24.3 Å². The van der Waals surface area contributed by atoms with Crippen LogP contribution in [-0.4, -0.2) is 23.2 Å². The molecule has 0 radical (unpaired) electrons. The minimum Gasteiger partial charge on any atom is -0.447 e.